The normalized spacial score (nSPS) is 14.5. The van der Waals surface area contributed by atoms with Gasteiger partial charge >= 0.3 is 6.18 Å². The van der Waals surface area contributed by atoms with Crippen LogP contribution >= 0.6 is 0 Å². The molecule has 6 heteroatoms. The highest BCUT2D eigenvalue weighted by molar-refractivity contribution is 5.30. The summed E-state index contributed by atoms with van der Waals surface area (Å²) in [6, 6.07) is 8.85. The number of halogens is 3. The molecular weight excluding hydrogens is 281 g/mol. The lowest BCUT2D eigenvalue weighted by Crippen LogP contribution is -2.26. The second kappa shape index (κ2) is 6.13. The van der Waals surface area contributed by atoms with E-state index in [0.29, 0.717) is 0 Å². The molecule has 1 aromatic carbocycles. The highest BCUT2D eigenvalue weighted by Gasteiger charge is 2.43. The van der Waals surface area contributed by atoms with Gasteiger partial charge in [-0.05, 0) is 30.7 Å². The monoisotopic (exact) mass is 296 g/mol. The first-order valence-corrected chi connectivity index (χ1v) is 6.37. The lowest BCUT2D eigenvalue weighted by molar-refractivity contribution is -0.198. The highest BCUT2D eigenvalue weighted by atomic mass is 19.4. The third-order valence-corrected chi connectivity index (χ3v) is 2.94. The summed E-state index contributed by atoms with van der Waals surface area (Å²) in [5.41, 5.74) is 6.48. The van der Waals surface area contributed by atoms with Crippen LogP contribution in [-0.2, 0) is 0 Å². The number of benzene rings is 1. The van der Waals surface area contributed by atoms with E-state index in [1.807, 2.05) is 0 Å². The van der Waals surface area contributed by atoms with Crippen molar-refractivity contribution in [2.24, 2.45) is 5.73 Å². The van der Waals surface area contributed by atoms with Crippen molar-refractivity contribution >= 4 is 0 Å². The van der Waals surface area contributed by atoms with E-state index in [1.165, 1.54) is 30.5 Å². The van der Waals surface area contributed by atoms with E-state index < -0.39 is 12.3 Å². The van der Waals surface area contributed by atoms with Crippen LogP contribution in [0.15, 0.2) is 48.8 Å². The number of aromatic nitrogens is 1. The van der Waals surface area contributed by atoms with Crippen LogP contribution in [-0.4, -0.2) is 11.2 Å². The first-order chi connectivity index (χ1) is 9.88. The van der Waals surface area contributed by atoms with Crippen molar-refractivity contribution in [3.63, 3.8) is 0 Å². The van der Waals surface area contributed by atoms with E-state index in [-0.39, 0.29) is 17.4 Å². The van der Waals surface area contributed by atoms with Crippen LogP contribution in [0.25, 0.3) is 0 Å². The molecule has 2 aromatic rings. The number of hydrogen-bond acceptors (Lipinski definition) is 3. The predicted octanol–water partition coefficient (Wildman–Crippen LogP) is 3.78. The zero-order valence-electron chi connectivity index (χ0n) is 11.3. The number of nitrogens with zero attached hydrogens (tertiary/aromatic N) is 1. The second-order valence-electron chi connectivity index (χ2n) is 4.68. The highest BCUT2D eigenvalue weighted by Crippen LogP contribution is 2.36. The fraction of sp³-hybridized carbons (Fsp3) is 0.267. The minimum Gasteiger partial charge on any atom is -0.476 e. The Balaban J connectivity index is 2.24. The molecule has 0 saturated carbocycles. The molecular formula is C15H15F3N2O. The van der Waals surface area contributed by atoms with Gasteiger partial charge in [0.2, 0.25) is 6.10 Å². The van der Waals surface area contributed by atoms with Crippen LogP contribution < -0.4 is 10.5 Å². The average Bonchev–Trinajstić information content (AvgIpc) is 2.45. The molecule has 2 rings (SSSR count). The molecule has 3 nitrogen and oxygen atoms in total. The van der Waals surface area contributed by atoms with Gasteiger partial charge in [0.05, 0.1) is 0 Å². The zero-order chi connectivity index (χ0) is 15.5. The number of pyridine rings is 1. The van der Waals surface area contributed by atoms with E-state index in [1.54, 1.807) is 19.1 Å². The molecule has 0 radical (unpaired) electrons. The molecule has 0 fully saturated rings. The largest absolute Gasteiger partial charge is 0.476 e. The molecule has 2 unspecified atom stereocenters. The molecule has 2 atom stereocenters. The lowest BCUT2D eigenvalue weighted by Gasteiger charge is -2.22. The molecule has 0 spiro atoms. The van der Waals surface area contributed by atoms with Crippen LogP contribution in [0.4, 0.5) is 13.2 Å². The molecule has 0 aliphatic carbocycles. The minimum atomic E-state index is -4.52. The van der Waals surface area contributed by atoms with Gasteiger partial charge in [-0.15, -0.1) is 0 Å². The average molecular weight is 296 g/mol. The van der Waals surface area contributed by atoms with Gasteiger partial charge in [0, 0.05) is 24.0 Å². The maximum atomic E-state index is 13.1. The fourth-order valence-electron chi connectivity index (χ4n) is 1.84. The van der Waals surface area contributed by atoms with Crippen molar-refractivity contribution in [3.05, 3.63) is 59.9 Å². The van der Waals surface area contributed by atoms with Crippen LogP contribution in [0.5, 0.6) is 5.75 Å². The molecule has 0 bridgehead atoms. The lowest BCUT2D eigenvalue weighted by atomic mass is 10.1. The van der Waals surface area contributed by atoms with E-state index in [2.05, 4.69) is 4.98 Å². The third-order valence-electron chi connectivity index (χ3n) is 2.94. The summed E-state index contributed by atoms with van der Waals surface area (Å²) in [4.78, 5) is 3.70. The first kappa shape index (κ1) is 15.3. The summed E-state index contributed by atoms with van der Waals surface area (Å²) in [6.07, 6.45) is -4.02. The standard InChI is InChI=1S/C15H15F3N2O/c1-10(19)11-4-6-13(7-5-11)21-14(15(16,17)18)12-3-2-8-20-9-12/h2-10,14H,19H2,1H3. The van der Waals surface area contributed by atoms with Crippen LogP contribution in [0, 0.1) is 0 Å². The molecule has 0 aliphatic rings. The van der Waals surface area contributed by atoms with Crippen molar-refractivity contribution in [1.82, 2.24) is 4.98 Å². The molecule has 0 saturated heterocycles. The fourth-order valence-corrected chi connectivity index (χ4v) is 1.84. The maximum absolute atomic E-state index is 13.1. The van der Waals surface area contributed by atoms with E-state index in [4.69, 9.17) is 10.5 Å². The molecule has 2 N–H and O–H groups in total. The Morgan fingerprint density at radius 1 is 1.10 bits per heavy atom. The van der Waals surface area contributed by atoms with Crippen LogP contribution in [0.2, 0.25) is 0 Å². The maximum Gasteiger partial charge on any atom is 0.429 e. The Bertz CT molecular complexity index is 568. The molecule has 1 heterocycles. The van der Waals surface area contributed by atoms with Gasteiger partial charge in [0.15, 0.2) is 0 Å². The number of hydrogen-bond donors (Lipinski definition) is 1. The Morgan fingerprint density at radius 2 is 1.76 bits per heavy atom. The SMILES string of the molecule is CC(N)c1ccc(OC(c2cccnc2)C(F)(F)F)cc1. The summed E-state index contributed by atoms with van der Waals surface area (Å²) < 4.78 is 44.5. The van der Waals surface area contributed by atoms with Crippen molar-refractivity contribution in [1.29, 1.82) is 0 Å². The van der Waals surface area contributed by atoms with Crippen molar-refractivity contribution in [3.8, 4) is 5.75 Å². The number of nitrogens with two attached hydrogens (primary N) is 1. The summed E-state index contributed by atoms with van der Waals surface area (Å²) in [5.74, 6) is 0.130. The number of ether oxygens (including phenoxy) is 1. The van der Waals surface area contributed by atoms with Crippen molar-refractivity contribution < 1.29 is 17.9 Å². The van der Waals surface area contributed by atoms with E-state index in [0.717, 1.165) is 11.8 Å². The Kier molecular flexibility index (Phi) is 4.47. The number of alkyl halides is 3. The van der Waals surface area contributed by atoms with Crippen molar-refractivity contribution in [2.75, 3.05) is 0 Å². The first-order valence-electron chi connectivity index (χ1n) is 6.37. The van der Waals surface area contributed by atoms with Crippen LogP contribution in [0.1, 0.15) is 30.2 Å². The van der Waals surface area contributed by atoms with Gasteiger partial charge < -0.3 is 10.5 Å². The second-order valence-corrected chi connectivity index (χ2v) is 4.68. The summed E-state index contributed by atoms with van der Waals surface area (Å²) in [7, 11) is 0. The molecule has 1 aromatic heterocycles. The van der Waals surface area contributed by atoms with Gasteiger partial charge in [-0.2, -0.15) is 13.2 Å². The predicted molar refractivity (Wildman–Crippen MR) is 72.7 cm³/mol. The topological polar surface area (TPSA) is 48.1 Å². The Labute approximate surface area is 120 Å². The van der Waals surface area contributed by atoms with Gasteiger partial charge in [-0.1, -0.05) is 18.2 Å². The number of rotatable bonds is 4. The minimum absolute atomic E-state index is 0.0405. The molecule has 0 amide bonds. The zero-order valence-corrected chi connectivity index (χ0v) is 11.3. The van der Waals surface area contributed by atoms with E-state index in [9.17, 15) is 13.2 Å². The van der Waals surface area contributed by atoms with Gasteiger partial charge in [-0.3, -0.25) is 4.98 Å². The third kappa shape index (κ3) is 3.95. The Morgan fingerprint density at radius 3 is 2.24 bits per heavy atom. The van der Waals surface area contributed by atoms with E-state index >= 15 is 0 Å². The molecule has 112 valence electrons. The van der Waals surface area contributed by atoms with Gasteiger partial charge in [0.1, 0.15) is 5.75 Å². The van der Waals surface area contributed by atoms with Crippen LogP contribution in [0.3, 0.4) is 0 Å². The molecule has 21 heavy (non-hydrogen) atoms. The summed E-state index contributed by atoms with van der Waals surface area (Å²) in [5, 5.41) is 0. The summed E-state index contributed by atoms with van der Waals surface area (Å²) >= 11 is 0. The quantitative estimate of drug-likeness (QED) is 0.934. The molecule has 0 aliphatic heterocycles. The van der Waals surface area contributed by atoms with Gasteiger partial charge in [-0.25, -0.2) is 0 Å². The smallest absolute Gasteiger partial charge is 0.429 e. The van der Waals surface area contributed by atoms with Crippen molar-refractivity contribution in [2.45, 2.75) is 25.2 Å². The van der Waals surface area contributed by atoms with Gasteiger partial charge in [0.25, 0.3) is 0 Å². The summed E-state index contributed by atoms with van der Waals surface area (Å²) in [6.45, 7) is 1.80. The Hall–Kier alpha value is -2.08.